The van der Waals surface area contributed by atoms with Crippen LogP contribution in [0.5, 0.6) is 5.88 Å². The second kappa shape index (κ2) is 8.37. The zero-order valence-electron chi connectivity index (χ0n) is 13.3. The van der Waals surface area contributed by atoms with Gasteiger partial charge >= 0.3 is 0 Å². The van der Waals surface area contributed by atoms with Gasteiger partial charge in [-0.3, -0.25) is 9.56 Å². The topological polar surface area (TPSA) is 37.5 Å². The number of para-hydroxylation sites is 2. The van der Waals surface area contributed by atoms with E-state index in [0.29, 0.717) is 3.95 Å². The van der Waals surface area contributed by atoms with Crippen LogP contribution in [0.1, 0.15) is 4.88 Å². The van der Waals surface area contributed by atoms with E-state index in [1.54, 1.807) is 10.8 Å². The minimum absolute atomic E-state index is 0.156. The molecular weight excluding hydrogens is 348 g/mol. The average molecular weight is 364 g/mol. The molecule has 0 spiro atoms. The lowest BCUT2D eigenvalue weighted by Crippen LogP contribution is -1.91. The van der Waals surface area contributed by atoms with Gasteiger partial charge in [0.25, 0.3) is 0 Å². The fourth-order valence-corrected chi connectivity index (χ4v) is 3.46. The van der Waals surface area contributed by atoms with Crippen molar-refractivity contribution in [3.63, 3.8) is 0 Å². The number of benzene rings is 2. The Morgan fingerprint density at radius 2 is 1.60 bits per heavy atom. The highest BCUT2D eigenvalue weighted by atomic mass is 32.1. The number of nitrogens with zero attached hydrogens (tertiary/aromatic N) is 2. The lowest BCUT2D eigenvalue weighted by atomic mass is 10.3. The lowest BCUT2D eigenvalue weighted by molar-refractivity contribution is 0.441. The van der Waals surface area contributed by atoms with Crippen LogP contribution in [0.3, 0.4) is 0 Å². The first-order valence-electron chi connectivity index (χ1n) is 7.68. The van der Waals surface area contributed by atoms with Crippen LogP contribution >= 0.6 is 23.6 Å². The van der Waals surface area contributed by atoms with E-state index in [9.17, 15) is 5.11 Å². The van der Waals surface area contributed by atoms with Gasteiger partial charge in [0.15, 0.2) is 3.95 Å². The molecule has 2 aromatic carbocycles. The Morgan fingerprint density at radius 3 is 2.32 bits per heavy atom. The molecule has 0 aliphatic heterocycles. The van der Waals surface area contributed by atoms with Crippen molar-refractivity contribution in [2.75, 3.05) is 0 Å². The summed E-state index contributed by atoms with van der Waals surface area (Å²) in [6.07, 6.45) is 9.13. The van der Waals surface area contributed by atoms with E-state index < -0.39 is 0 Å². The van der Waals surface area contributed by atoms with E-state index in [0.717, 1.165) is 16.3 Å². The largest absolute Gasteiger partial charge is 0.493 e. The zero-order chi connectivity index (χ0) is 17.5. The van der Waals surface area contributed by atoms with Gasteiger partial charge in [-0.25, -0.2) is 0 Å². The van der Waals surface area contributed by atoms with Crippen LogP contribution < -0.4 is 0 Å². The first-order chi connectivity index (χ1) is 12.3. The van der Waals surface area contributed by atoms with Crippen molar-refractivity contribution in [3.05, 3.63) is 87.7 Å². The van der Waals surface area contributed by atoms with Gasteiger partial charge in [-0.2, -0.15) is 0 Å². The van der Waals surface area contributed by atoms with Gasteiger partial charge in [-0.1, -0.05) is 48.6 Å². The molecule has 3 rings (SSSR count). The Bertz CT molecular complexity index is 968. The number of aromatic hydroxyl groups is 1. The number of thiazole rings is 1. The summed E-state index contributed by atoms with van der Waals surface area (Å²) in [6.45, 7) is 0. The highest BCUT2D eigenvalue weighted by molar-refractivity contribution is 7.73. The quantitative estimate of drug-likeness (QED) is 0.345. The molecule has 0 fully saturated rings. The van der Waals surface area contributed by atoms with Crippen LogP contribution in [0.2, 0.25) is 0 Å². The van der Waals surface area contributed by atoms with Gasteiger partial charge in [-0.15, -0.1) is 11.3 Å². The molecule has 0 radical (unpaired) electrons. The number of aromatic nitrogens is 1. The third-order valence-corrected chi connectivity index (χ3v) is 4.69. The van der Waals surface area contributed by atoms with E-state index in [2.05, 4.69) is 4.99 Å². The van der Waals surface area contributed by atoms with Gasteiger partial charge in [0, 0.05) is 6.21 Å². The van der Waals surface area contributed by atoms with E-state index in [4.69, 9.17) is 12.2 Å². The van der Waals surface area contributed by atoms with Gasteiger partial charge in [0.1, 0.15) is 0 Å². The van der Waals surface area contributed by atoms with Crippen LogP contribution in [0.15, 0.2) is 83.9 Å². The first kappa shape index (κ1) is 17.1. The molecule has 1 N–H and O–H groups in total. The second-order valence-corrected chi connectivity index (χ2v) is 6.76. The second-order valence-electron chi connectivity index (χ2n) is 5.08. The predicted molar refractivity (Wildman–Crippen MR) is 109 cm³/mol. The molecule has 0 aliphatic rings. The summed E-state index contributed by atoms with van der Waals surface area (Å²) < 4.78 is 2.28. The summed E-state index contributed by atoms with van der Waals surface area (Å²) in [5.41, 5.74) is 1.76. The van der Waals surface area contributed by atoms with E-state index >= 15 is 0 Å². The van der Waals surface area contributed by atoms with Crippen LogP contribution in [-0.4, -0.2) is 15.9 Å². The molecule has 3 nitrogen and oxygen atoms in total. The summed E-state index contributed by atoms with van der Waals surface area (Å²) in [7, 11) is 0. The molecule has 3 aromatic rings. The number of hydrogen-bond acceptors (Lipinski definition) is 4. The fraction of sp³-hybridized carbons (Fsp3) is 0. The number of aliphatic imine (C=N–C) groups is 1. The molecule has 124 valence electrons. The Morgan fingerprint density at radius 1 is 0.920 bits per heavy atom. The van der Waals surface area contributed by atoms with Crippen molar-refractivity contribution in [1.82, 2.24) is 4.57 Å². The maximum Gasteiger partial charge on any atom is 0.215 e. The van der Waals surface area contributed by atoms with Crippen molar-refractivity contribution in [1.29, 1.82) is 0 Å². The smallest absolute Gasteiger partial charge is 0.215 e. The lowest BCUT2D eigenvalue weighted by Gasteiger charge is -2.03. The molecule has 0 saturated heterocycles. The van der Waals surface area contributed by atoms with Crippen molar-refractivity contribution in [3.8, 4) is 11.6 Å². The zero-order valence-corrected chi connectivity index (χ0v) is 15.0. The highest BCUT2D eigenvalue weighted by Crippen LogP contribution is 2.30. The van der Waals surface area contributed by atoms with Crippen LogP contribution in [-0.2, 0) is 0 Å². The maximum absolute atomic E-state index is 10.4. The molecule has 0 saturated carbocycles. The van der Waals surface area contributed by atoms with E-state index in [-0.39, 0.29) is 5.88 Å². The van der Waals surface area contributed by atoms with Crippen molar-refractivity contribution < 1.29 is 5.11 Å². The summed E-state index contributed by atoms with van der Waals surface area (Å²) in [6, 6.07) is 19.3. The molecule has 0 amide bonds. The third kappa shape index (κ3) is 4.41. The van der Waals surface area contributed by atoms with Crippen molar-refractivity contribution >= 4 is 41.5 Å². The summed E-state index contributed by atoms with van der Waals surface area (Å²) in [4.78, 5) is 5.03. The van der Waals surface area contributed by atoms with Crippen molar-refractivity contribution in [2.45, 2.75) is 0 Å². The molecule has 25 heavy (non-hydrogen) atoms. The van der Waals surface area contributed by atoms with Gasteiger partial charge in [0.05, 0.1) is 16.3 Å². The molecule has 0 atom stereocenters. The summed E-state index contributed by atoms with van der Waals surface area (Å²) >= 11 is 6.74. The normalized spacial score (nSPS) is 11.8. The standard InChI is InChI=1S/C20H16N2OS2/c23-19-18(25-20(24)22(19)17-12-6-2-7-13-17)14-8-3-9-15-21-16-10-4-1-5-11-16/h1-15,23H. The van der Waals surface area contributed by atoms with E-state index in [1.807, 2.05) is 85.0 Å². The summed E-state index contributed by atoms with van der Waals surface area (Å²) in [5, 5.41) is 10.4. The average Bonchev–Trinajstić information content (AvgIpc) is 2.93. The van der Waals surface area contributed by atoms with Crippen LogP contribution in [0, 0.1) is 3.95 Å². The maximum atomic E-state index is 10.4. The van der Waals surface area contributed by atoms with Gasteiger partial charge in [-0.05, 0) is 48.6 Å². The fourth-order valence-electron chi connectivity index (χ4n) is 2.20. The van der Waals surface area contributed by atoms with Crippen LogP contribution in [0.25, 0.3) is 11.8 Å². The SMILES string of the molecule is Oc1c(C=CC=CC=Nc2ccccc2)sc(=S)n1-c1ccccc1. The molecular formula is C20H16N2OS2. The summed E-state index contributed by atoms with van der Waals surface area (Å²) in [5.74, 6) is 0.156. The Balaban J connectivity index is 1.71. The Hall–Kier alpha value is -2.76. The molecule has 0 unspecified atom stereocenters. The van der Waals surface area contributed by atoms with Gasteiger partial charge in [0.2, 0.25) is 5.88 Å². The van der Waals surface area contributed by atoms with E-state index in [1.165, 1.54) is 11.3 Å². The predicted octanol–water partition coefficient (Wildman–Crippen LogP) is 5.95. The minimum Gasteiger partial charge on any atom is -0.493 e. The van der Waals surface area contributed by atoms with Crippen LogP contribution in [0.4, 0.5) is 5.69 Å². The van der Waals surface area contributed by atoms with Crippen molar-refractivity contribution in [2.24, 2.45) is 4.99 Å². The van der Waals surface area contributed by atoms with Gasteiger partial charge < -0.3 is 5.11 Å². The molecule has 1 aromatic heterocycles. The Kier molecular flexibility index (Phi) is 5.72. The molecule has 1 heterocycles. The molecule has 0 bridgehead atoms. The first-order valence-corrected chi connectivity index (χ1v) is 8.91. The number of rotatable bonds is 5. The monoisotopic (exact) mass is 364 g/mol. The molecule has 5 heteroatoms. The number of allylic oxidation sites excluding steroid dienone is 3. The minimum atomic E-state index is 0.156. The number of hydrogen-bond donors (Lipinski definition) is 1. The molecule has 0 aliphatic carbocycles. The highest BCUT2D eigenvalue weighted by Gasteiger charge is 2.10. The Labute approximate surface area is 155 Å². The third-order valence-electron chi connectivity index (χ3n) is 3.36.